The van der Waals surface area contributed by atoms with Crippen LogP contribution in [0.2, 0.25) is 0 Å². The van der Waals surface area contributed by atoms with E-state index in [1.807, 2.05) is 12.4 Å². The lowest BCUT2D eigenvalue weighted by Crippen LogP contribution is -2.31. The van der Waals surface area contributed by atoms with E-state index in [0.717, 1.165) is 24.8 Å². The quantitative estimate of drug-likeness (QED) is 0.861. The molecular weight excluding hydrogens is 232 g/mol. The van der Waals surface area contributed by atoms with Gasteiger partial charge in [-0.2, -0.15) is 0 Å². The zero-order chi connectivity index (χ0) is 13.7. The highest BCUT2D eigenvalue weighted by atomic mass is 14.9. The normalized spacial score (nSPS) is 25.2. The summed E-state index contributed by atoms with van der Waals surface area (Å²) in [6.45, 7) is 7.88. The Labute approximate surface area is 118 Å². The summed E-state index contributed by atoms with van der Waals surface area (Å²) >= 11 is 0. The first kappa shape index (κ1) is 14.5. The molecule has 106 valence electrons. The minimum Gasteiger partial charge on any atom is -0.310 e. The van der Waals surface area contributed by atoms with Crippen molar-refractivity contribution in [3.8, 4) is 0 Å². The molecule has 0 amide bonds. The van der Waals surface area contributed by atoms with E-state index in [9.17, 15) is 0 Å². The van der Waals surface area contributed by atoms with Crippen molar-refractivity contribution >= 4 is 0 Å². The standard InChI is InChI=1S/C17H28N2/c1-4-14-12-18-11-10-16(14)17(19-5-2)15-8-6-13(3)7-9-15/h10-13,15,17,19H,4-9H2,1-3H3. The summed E-state index contributed by atoms with van der Waals surface area (Å²) in [4.78, 5) is 4.29. The molecule has 1 aliphatic carbocycles. The van der Waals surface area contributed by atoms with Gasteiger partial charge >= 0.3 is 0 Å². The summed E-state index contributed by atoms with van der Waals surface area (Å²) in [5.41, 5.74) is 2.89. The molecular formula is C17H28N2. The number of nitrogens with zero attached hydrogens (tertiary/aromatic N) is 1. The van der Waals surface area contributed by atoms with Crippen LogP contribution in [0.3, 0.4) is 0 Å². The molecule has 1 aromatic rings. The molecule has 19 heavy (non-hydrogen) atoms. The summed E-state index contributed by atoms with van der Waals surface area (Å²) in [6, 6.07) is 2.75. The second-order valence-corrected chi connectivity index (χ2v) is 5.98. The number of rotatable bonds is 5. The van der Waals surface area contributed by atoms with E-state index in [2.05, 4.69) is 37.1 Å². The van der Waals surface area contributed by atoms with Gasteiger partial charge in [-0.15, -0.1) is 0 Å². The SMILES string of the molecule is CCNC(c1ccncc1CC)C1CCC(C)CC1. The van der Waals surface area contributed by atoms with Gasteiger partial charge < -0.3 is 5.32 Å². The van der Waals surface area contributed by atoms with Crippen LogP contribution in [0.5, 0.6) is 0 Å². The molecule has 2 rings (SSSR count). The van der Waals surface area contributed by atoms with Crippen LogP contribution in [0.25, 0.3) is 0 Å². The molecule has 1 N–H and O–H groups in total. The maximum atomic E-state index is 4.29. The molecule has 2 heteroatoms. The first-order valence-electron chi connectivity index (χ1n) is 7.92. The monoisotopic (exact) mass is 260 g/mol. The Morgan fingerprint density at radius 3 is 2.63 bits per heavy atom. The molecule has 0 aliphatic heterocycles. The third-order valence-electron chi connectivity index (χ3n) is 4.61. The van der Waals surface area contributed by atoms with E-state index < -0.39 is 0 Å². The van der Waals surface area contributed by atoms with Crippen LogP contribution in [-0.4, -0.2) is 11.5 Å². The molecule has 0 spiro atoms. The van der Waals surface area contributed by atoms with E-state index in [1.54, 1.807) is 0 Å². The Hall–Kier alpha value is -0.890. The fourth-order valence-electron chi connectivity index (χ4n) is 3.41. The topological polar surface area (TPSA) is 24.9 Å². The number of aryl methyl sites for hydroxylation is 1. The van der Waals surface area contributed by atoms with E-state index in [-0.39, 0.29) is 0 Å². The highest BCUT2D eigenvalue weighted by Gasteiger charge is 2.27. The molecule has 1 unspecified atom stereocenters. The maximum Gasteiger partial charge on any atom is 0.0352 e. The van der Waals surface area contributed by atoms with Crippen molar-refractivity contribution in [1.29, 1.82) is 0 Å². The minimum absolute atomic E-state index is 0.524. The average Bonchev–Trinajstić information content (AvgIpc) is 2.46. The highest BCUT2D eigenvalue weighted by molar-refractivity contribution is 5.27. The Kier molecular flexibility index (Phi) is 5.38. The van der Waals surface area contributed by atoms with Crippen LogP contribution in [0.15, 0.2) is 18.5 Å². The summed E-state index contributed by atoms with van der Waals surface area (Å²) in [7, 11) is 0. The Balaban J connectivity index is 2.19. The van der Waals surface area contributed by atoms with Crippen LogP contribution in [0.1, 0.15) is 63.6 Å². The second-order valence-electron chi connectivity index (χ2n) is 5.98. The van der Waals surface area contributed by atoms with Crippen molar-refractivity contribution < 1.29 is 0 Å². The third-order valence-corrected chi connectivity index (χ3v) is 4.61. The van der Waals surface area contributed by atoms with Crippen molar-refractivity contribution in [2.24, 2.45) is 11.8 Å². The van der Waals surface area contributed by atoms with Crippen molar-refractivity contribution in [1.82, 2.24) is 10.3 Å². The van der Waals surface area contributed by atoms with Gasteiger partial charge in [0.1, 0.15) is 0 Å². The maximum absolute atomic E-state index is 4.29. The summed E-state index contributed by atoms with van der Waals surface area (Å²) < 4.78 is 0. The molecule has 1 fully saturated rings. The van der Waals surface area contributed by atoms with Gasteiger partial charge in [0.2, 0.25) is 0 Å². The molecule has 2 nitrogen and oxygen atoms in total. The summed E-state index contributed by atoms with van der Waals surface area (Å²) in [5.74, 6) is 1.71. The Morgan fingerprint density at radius 2 is 2.00 bits per heavy atom. The molecule has 0 aromatic carbocycles. The highest BCUT2D eigenvalue weighted by Crippen LogP contribution is 2.37. The number of hydrogen-bond donors (Lipinski definition) is 1. The largest absolute Gasteiger partial charge is 0.310 e. The molecule has 1 atom stereocenters. The van der Waals surface area contributed by atoms with E-state index in [4.69, 9.17) is 0 Å². The summed E-state index contributed by atoms with van der Waals surface area (Å²) in [6.07, 6.45) is 10.6. The molecule has 0 bridgehead atoms. The van der Waals surface area contributed by atoms with Crippen LogP contribution in [0.4, 0.5) is 0 Å². The average molecular weight is 260 g/mol. The van der Waals surface area contributed by atoms with Crippen LogP contribution < -0.4 is 5.32 Å². The minimum atomic E-state index is 0.524. The molecule has 1 aromatic heterocycles. The predicted molar refractivity (Wildman–Crippen MR) is 81.2 cm³/mol. The Bertz CT molecular complexity index is 381. The van der Waals surface area contributed by atoms with Gasteiger partial charge in [-0.3, -0.25) is 4.98 Å². The van der Waals surface area contributed by atoms with Crippen LogP contribution >= 0.6 is 0 Å². The van der Waals surface area contributed by atoms with E-state index in [1.165, 1.54) is 36.8 Å². The molecule has 0 saturated heterocycles. The van der Waals surface area contributed by atoms with Gasteiger partial charge in [-0.25, -0.2) is 0 Å². The van der Waals surface area contributed by atoms with Crippen molar-refractivity contribution in [3.63, 3.8) is 0 Å². The number of pyridine rings is 1. The predicted octanol–water partition coefficient (Wildman–Crippen LogP) is 4.12. The second kappa shape index (κ2) is 7.04. The van der Waals surface area contributed by atoms with Gasteiger partial charge in [0, 0.05) is 18.4 Å². The molecule has 1 heterocycles. The number of hydrogen-bond acceptors (Lipinski definition) is 2. The smallest absolute Gasteiger partial charge is 0.0352 e. The zero-order valence-corrected chi connectivity index (χ0v) is 12.7. The van der Waals surface area contributed by atoms with E-state index in [0.29, 0.717) is 6.04 Å². The molecule has 1 aliphatic rings. The van der Waals surface area contributed by atoms with Crippen molar-refractivity contribution in [2.45, 2.75) is 58.9 Å². The first-order valence-corrected chi connectivity index (χ1v) is 7.92. The number of nitrogens with one attached hydrogen (secondary N) is 1. The van der Waals surface area contributed by atoms with Gasteiger partial charge in [0.15, 0.2) is 0 Å². The fourth-order valence-corrected chi connectivity index (χ4v) is 3.41. The van der Waals surface area contributed by atoms with Crippen molar-refractivity contribution in [2.75, 3.05) is 6.54 Å². The van der Waals surface area contributed by atoms with Gasteiger partial charge in [0.25, 0.3) is 0 Å². The fraction of sp³-hybridized carbons (Fsp3) is 0.706. The van der Waals surface area contributed by atoms with E-state index >= 15 is 0 Å². The van der Waals surface area contributed by atoms with Gasteiger partial charge in [0.05, 0.1) is 0 Å². The third kappa shape index (κ3) is 3.56. The first-order chi connectivity index (χ1) is 9.26. The number of aromatic nitrogens is 1. The lowest BCUT2D eigenvalue weighted by atomic mass is 9.76. The van der Waals surface area contributed by atoms with Gasteiger partial charge in [-0.1, -0.05) is 33.6 Å². The van der Waals surface area contributed by atoms with Crippen LogP contribution in [0, 0.1) is 11.8 Å². The van der Waals surface area contributed by atoms with Crippen LogP contribution in [-0.2, 0) is 6.42 Å². The van der Waals surface area contributed by atoms with Crippen molar-refractivity contribution in [3.05, 3.63) is 29.6 Å². The van der Waals surface area contributed by atoms with Gasteiger partial charge in [-0.05, 0) is 54.8 Å². The molecule has 0 radical (unpaired) electrons. The lowest BCUT2D eigenvalue weighted by molar-refractivity contribution is 0.232. The molecule has 1 saturated carbocycles. The summed E-state index contributed by atoms with van der Waals surface area (Å²) in [5, 5.41) is 3.73. The Morgan fingerprint density at radius 1 is 1.26 bits per heavy atom. The lowest BCUT2D eigenvalue weighted by Gasteiger charge is -2.34. The zero-order valence-electron chi connectivity index (χ0n) is 12.7.